The second-order valence-corrected chi connectivity index (χ2v) is 9.98. The average Bonchev–Trinajstić information content (AvgIpc) is 2.95. The average molecular weight is 505 g/mol. The molecule has 38 heavy (non-hydrogen) atoms. The first-order chi connectivity index (χ1) is 18.5. The molecule has 0 N–H and O–H groups in total. The Morgan fingerprint density at radius 1 is 0.789 bits per heavy atom. The number of rotatable bonds is 9. The first kappa shape index (κ1) is 25.6. The Morgan fingerprint density at radius 2 is 1.50 bits per heavy atom. The molecule has 0 saturated carbocycles. The van der Waals surface area contributed by atoms with Crippen molar-refractivity contribution in [3.63, 3.8) is 0 Å². The van der Waals surface area contributed by atoms with Crippen LogP contribution in [0.5, 0.6) is 5.88 Å². The highest BCUT2D eigenvalue weighted by molar-refractivity contribution is 5.86. The summed E-state index contributed by atoms with van der Waals surface area (Å²) in [6.45, 7) is 0.935. The van der Waals surface area contributed by atoms with E-state index in [4.69, 9.17) is 9.72 Å². The number of fused-ring (bicyclic) bond motifs is 1. The van der Waals surface area contributed by atoms with Crippen LogP contribution in [0.1, 0.15) is 34.9 Å². The lowest BCUT2D eigenvalue weighted by Gasteiger charge is -2.31. The van der Waals surface area contributed by atoms with E-state index in [1.807, 2.05) is 6.20 Å². The molecule has 5 rings (SSSR count). The minimum atomic E-state index is -0.252. The van der Waals surface area contributed by atoms with Crippen LogP contribution in [-0.4, -0.2) is 37.6 Å². The van der Waals surface area contributed by atoms with Crippen molar-refractivity contribution in [1.82, 2.24) is 9.88 Å². The van der Waals surface area contributed by atoms with Crippen molar-refractivity contribution in [2.75, 3.05) is 27.7 Å². The number of hydrogen-bond acceptors (Lipinski definition) is 3. The van der Waals surface area contributed by atoms with Crippen LogP contribution in [0.25, 0.3) is 21.9 Å². The lowest BCUT2D eigenvalue weighted by atomic mass is 9.74. The van der Waals surface area contributed by atoms with Crippen LogP contribution in [0.2, 0.25) is 0 Å². The quantitative estimate of drug-likeness (QED) is 0.204. The topological polar surface area (TPSA) is 25.4 Å². The van der Waals surface area contributed by atoms with Crippen molar-refractivity contribution in [2.45, 2.75) is 18.3 Å². The fraction of sp³-hybridized carbons (Fsp3) is 0.206. The molecule has 0 saturated heterocycles. The van der Waals surface area contributed by atoms with Crippen molar-refractivity contribution < 1.29 is 9.13 Å². The van der Waals surface area contributed by atoms with Gasteiger partial charge in [-0.15, -0.1) is 0 Å². The fourth-order valence-corrected chi connectivity index (χ4v) is 5.42. The van der Waals surface area contributed by atoms with Gasteiger partial charge in [0.25, 0.3) is 0 Å². The van der Waals surface area contributed by atoms with Crippen LogP contribution < -0.4 is 4.74 Å². The molecule has 5 aromatic rings. The minimum Gasteiger partial charge on any atom is -0.481 e. The van der Waals surface area contributed by atoms with Gasteiger partial charge in [0.05, 0.1) is 7.11 Å². The Morgan fingerprint density at radius 3 is 2.24 bits per heavy atom. The van der Waals surface area contributed by atoms with E-state index >= 15 is 0 Å². The molecule has 3 nitrogen and oxygen atoms in total. The summed E-state index contributed by atoms with van der Waals surface area (Å²) in [4.78, 5) is 6.99. The van der Waals surface area contributed by atoms with Gasteiger partial charge in [0.1, 0.15) is 5.82 Å². The summed E-state index contributed by atoms with van der Waals surface area (Å²) in [5, 5.41) is 2.50. The zero-order valence-corrected chi connectivity index (χ0v) is 22.1. The van der Waals surface area contributed by atoms with Crippen LogP contribution in [0, 0.1) is 5.82 Å². The predicted molar refractivity (Wildman–Crippen MR) is 154 cm³/mol. The van der Waals surface area contributed by atoms with Gasteiger partial charge < -0.3 is 9.64 Å². The molecule has 0 aliphatic carbocycles. The van der Waals surface area contributed by atoms with Crippen LogP contribution in [0.3, 0.4) is 0 Å². The molecule has 2 atom stereocenters. The first-order valence-corrected chi connectivity index (χ1v) is 13.0. The highest BCUT2D eigenvalue weighted by Gasteiger charge is 2.31. The molecule has 4 heteroatoms. The molecule has 0 radical (unpaired) electrons. The van der Waals surface area contributed by atoms with Gasteiger partial charge in [-0.2, -0.15) is 0 Å². The molecule has 0 fully saturated rings. The largest absolute Gasteiger partial charge is 0.481 e. The summed E-state index contributed by atoms with van der Waals surface area (Å²) < 4.78 is 19.6. The van der Waals surface area contributed by atoms with E-state index in [9.17, 15) is 4.39 Å². The molecule has 0 aliphatic heterocycles. The molecular weight excluding hydrogens is 471 g/mol. The molecule has 2 unspecified atom stereocenters. The Labute approximate surface area is 224 Å². The smallest absolute Gasteiger partial charge is 0.216 e. The fourth-order valence-electron chi connectivity index (χ4n) is 5.42. The van der Waals surface area contributed by atoms with Crippen LogP contribution in [0.4, 0.5) is 4.39 Å². The normalized spacial score (nSPS) is 13.0. The van der Waals surface area contributed by atoms with Crippen LogP contribution in [0.15, 0.2) is 109 Å². The minimum absolute atomic E-state index is 0.00944. The van der Waals surface area contributed by atoms with Crippen LogP contribution in [-0.2, 0) is 0 Å². The highest BCUT2D eigenvalue weighted by Crippen LogP contribution is 2.46. The summed E-state index contributed by atoms with van der Waals surface area (Å²) in [6.07, 6.45) is 2.76. The van der Waals surface area contributed by atoms with Gasteiger partial charge in [0.15, 0.2) is 0 Å². The number of halogens is 1. The van der Waals surface area contributed by atoms with E-state index in [1.165, 1.54) is 34.0 Å². The maximum absolute atomic E-state index is 13.7. The number of ether oxygens (including phenoxy) is 1. The van der Waals surface area contributed by atoms with E-state index in [0.717, 1.165) is 29.7 Å². The number of nitrogens with zero attached hydrogens (tertiary/aromatic N) is 2. The SMILES string of the molecule is COc1ncc(-c2ccc(F)cc2)cc1C(c1ccccc1)C(CCN(C)C)c1cccc2ccccc12. The number of hydrogen-bond donors (Lipinski definition) is 0. The van der Waals surface area contributed by atoms with E-state index in [1.54, 1.807) is 19.2 Å². The molecule has 0 aliphatic rings. The Balaban J connectivity index is 1.74. The van der Waals surface area contributed by atoms with E-state index in [-0.39, 0.29) is 17.7 Å². The summed E-state index contributed by atoms with van der Waals surface area (Å²) >= 11 is 0. The summed E-state index contributed by atoms with van der Waals surface area (Å²) in [6, 6.07) is 34.6. The molecule has 4 aromatic carbocycles. The van der Waals surface area contributed by atoms with Gasteiger partial charge in [-0.1, -0.05) is 84.9 Å². The van der Waals surface area contributed by atoms with Gasteiger partial charge in [0, 0.05) is 23.2 Å². The monoisotopic (exact) mass is 504 g/mol. The summed E-state index contributed by atoms with van der Waals surface area (Å²) in [5.74, 6) is 0.506. The third-order valence-corrected chi connectivity index (χ3v) is 7.26. The van der Waals surface area contributed by atoms with Crippen molar-refractivity contribution in [3.8, 4) is 17.0 Å². The van der Waals surface area contributed by atoms with Gasteiger partial charge in [-0.3, -0.25) is 0 Å². The third kappa shape index (κ3) is 5.46. The second-order valence-electron chi connectivity index (χ2n) is 9.98. The molecule has 0 amide bonds. The predicted octanol–water partition coefficient (Wildman–Crippen LogP) is 7.92. The zero-order chi connectivity index (χ0) is 26.5. The Kier molecular flexibility index (Phi) is 7.81. The van der Waals surface area contributed by atoms with Crippen molar-refractivity contribution in [1.29, 1.82) is 0 Å². The Hall–Kier alpha value is -4.02. The van der Waals surface area contributed by atoms with Crippen molar-refractivity contribution >= 4 is 10.8 Å². The molecule has 0 spiro atoms. The second kappa shape index (κ2) is 11.6. The lowest BCUT2D eigenvalue weighted by Crippen LogP contribution is -2.21. The van der Waals surface area contributed by atoms with Gasteiger partial charge >= 0.3 is 0 Å². The number of aromatic nitrogens is 1. The summed E-state index contributed by atoms with van der Waals surface area (Å²) in [5.41, 5.74) is 5.40. The third-order valence-electron chi connectivity index (χ3n) is 7.26. The lowest BCUT2D eigenvalue weighted by molar-refractivity contribution is 0.363. The maximum Gasteiger partial charge on any atom is 0.216 e. The Bertz CT molecular complexity index is 1490. The number of benzene rings is 4. The first-order valence-electron chi connectivity index (χ1n) is 13.0. The van der Waals surface area contributed by atoms with E-state index < -0.39 is 0 Å². The number of methoxy groups -OCH3 is 1. The zero-order valence-electron chi connectivity index (χ0n) is 22.1. The van der Waals surface area contributed by atoms with Gasteiger partial charge in [-0.05, 0) is 78.6 Å². The summed E-state index contributed by atoms with van der Waals surface area (Å²) in [7, 11) is 5.92. The molecule has 1 aromatic heterocycles. The highest BCUT2D eigenvalue weighted by atomic mass is 19.1. The van der Waals surface area contributed by atoms with Gasteiger partial charge in [0.2, 0.25) is 5.88 Å². The van der Waals surface area contributed by atoms with Crippen molar-refractivity contribution in [3.05, 3.63) is 132 Å². The van der Waals surface area contributed by atoms with Gasteiger partial charge in [-0.25, -0.2) is 9.37 Å². The standard InChI is InChI=1S/C34H33FN2O/c1-37(2)21-20-31(30-15-9-13-25-10-7-8-14-29(25)30)33(26-11-5-4-6-12-26)32-22-27(23-36-34(32)38-3)24-16-18-28(35)19-17-24/h4-19,22-23,31,33H,20-21H2,1-3H3. The molecule has 0 bridgehead atoms. The van der Waals surface area contributed by atoms with E-state index in [0.29, 0.717) is 5.88 Å². The molecule has 192 valence electrons. The van der Waals surface area contributed by atoms with Crippen molar-refractivity contribution in [2.24, 2.45) is 0 Å². The van der Waals surface area contributed by atoms with Crippen LogP contribution >= 0.6 is 0 Å². The maximum atomic E-state index is 13.7. The number of pyridine rings is 1. The molecule has 1 heterocycles. The van der Waals surface area contributed by atoms with E-state index in [2.05, 4.69) is 97.9 Å². The molecular formula is C34H33FN2O.